The van der Waals surface area contributed by atoms with E-state index in [9.17, 15) is 0 Å². The molecule has 1 atom stereocenters. The molecule has 0 aliphatic carbocycles. The number of rotatable bonds is 6. The lowest BCUT2D eigenvalue weighted by Gasteiger charge is -2.15. The lowest BCUT2D eigenvalue weighted by molar-refractivity contribution is 0.208. The Bertz CT molecular complexity index is 331. The van der Waals surface area contributed by atoms with Gasteiger partial charge in [0.15, 0.2) is 0 Å². The van der Waals surface area contributed by atoms with Crippen LogP contribution in [0.15, 0.2) is 18.2 Å². The Morgan fingerprint density at radius 1 is 1.38 bits per heavy atom. The Morgan fingerprint density at radius 2 is 2.12 bits per heavy atom. The Kier molecular flexibility index (Phi) is 5.96. The first-order valence-electron chi connectivity index (χ1n) is 5.39. The fourth-order valence-electron chi connectivity index (χ4n) is 1.41. The Labute approximate surface area is 107 Å². The van der Waals surface area contributed by atoms with Crippen LogP contribution in [0.2, 0.25) is 10.0 Å². The van der Waals surface area contributed by atoms with E-state index in [2.05, 4.69) is 5.32 Å². The van der Waals surface area contributed by atoms with Crippen LogP contribution in [-0.2, 0) is 0 Å². The molecule has 0 spiro atoms. The zero-order chi connectivity index (χ0) is 12.0. The molecule has 16 heavy (non-hydrogen) atoms. The monoisotopic (exact) mass is 261 g/mol. The van der Waals surface area contributed by atoms with Crippen LogP contribution in [-0.4, -0.2) is 19.7 Å². The van der Waals surface area contributed by atoms with Gasteiger partial charge in [0.25, 0.3) is 0 Å². The lowest BCUT2D eigenvalue weighted by Crippen LogP contribution is -2.15. The quantitative estimate of drug-likeness (QED) is 0.788. The van der Waals surface area contributed by atoms with Crippen LogP contribution in [0.3, 0.4) is 0 Å². The average molecular weight is 262 g/mol. The first kappa shape index (κ1) is 13.6. The van der Waals surface area contributed by atoms with Gasteiger partial charge in [-0.2, -0.15) is 0 Å². The van der Waals surface area contributed by atoms with Gasteiger partial charge in [0, 0.05) is 11.1 Å². The minimum atomic E-state index is 0.143. The molecule has 0 fully saturated rings. The van der Waals surface area contributed by atoms with Crippen LogP contribution < -0.4 is 10.1 Å². The molecule has 1 aromatic carbocycles. The normalized spacial score (nSPS) is 12.5. The molecule has 0 saturated carbocycles. The molecule has 0 saturated heterocycles. The summed E-state index contributed by atoms with van der Waals surface area (Å²) < 4.78 is 5.73. The number of nitrogens with one attached hydrogen (secondary N) is 1. The van der Waals surface area contributed by atoms with Crippen molar-refractivity contribution in [3.8, 4) is 5.75 Å². The summed E-state index contributed by atoms with van der Waals surface area (Å²) in [5.41, 5.74) is 0. The van der Waals surface area contributed by atoms with Crippen LogP contribution in [0.4, 0.5) is 0 Å². The van der Waals surface area contributed by atoms with E-state index in [1.54, 1.807) is 18.2 Å². The standard InChI is InChI=1S/C12H17Cl2NO/c1-9(4-3-7-15-2)16-12-8-10(13)5-6-11(12)14/h5-6,8-9,15H,3-4,7H2,1-2H3. The van der Waals surface area contributed by atoms with Crippen LogP contribution in [0, 0.1) is 0 Å². The largest absolute Gasteiger partial charge is 0.489 e. The lowest BCUT2D eigenvalue weighted by atomic mass is 10.2. The third kappa shape index (κ3) is 4.60. The summed E-state index contributed by atoms with van der Waals surface area (Å²) in [5, 5.41) is 4.35. The molecule has 1 rings (SSSR count). The fraction of sp³-hybridized carbons (Fsp3) is 0.500. The van der Waals surface area contributed by atoms with Crippen molar-refractivity contribution < 1.29 is 4.74 Å². The van der Waals surface area contributed by atoms with Crippen molar-refractivity contribution in [1.82, 2.24) is 5.32 Å². The maximum atomic E-state index is 6.01. The highest BCUT2D eigenvalue weighted by atomic mass is 35.5. The molecular formula is C12H17Cl2NO. The van der Waals surface area contributed by atoms with Crippen molar-refractivity contribution in [2.45, 2.75) is 25.9 Å². The highest BCUT2D eigenvalue weighted by Gasteiger charge is 2.07. The molecule has 0 aromatic heterocycles. The summed E-state index contributed by atoms with van der Waals surface area (Å²) in [5.74, 6) is 0.658. The van der Waals surface area contributed by atoms with E-state index >= 15 is 0 Å². The van der Waals surface area contributed by atoms with Gasteiger partial charge in [0.2, 0.25) is 0 Å². The minimum Gasteiger partial charge on any atom is -0.489 e. The highest BCUT2D eigenvalue weighted by Crippen LogP contribution is 2.28. The van der Waals surface area contributed by atoms with Crippen molar-refractivity contribution in [2.75, 3.05) is 13.6 Å². The van der Waals surface area contributed by atoms with Gasteiger partial charge in [-0.05, 0) is 45.5 Å². The second-order valence-electron chi connectivity index (χ2n) is 3.75. The van der Waals surface area contributed by atoms with E-state index < -0.39 is 0 Å². The molecule has 0 aliphatic rings. The summed E-state index contributed by atoms with van der Waals surface area (Å²) in [7, 11) is 1.94. The van der Waals surface area contributed by atoms with Gasteiger partial charge in [-0.3, -0.25) is 0 Å². The number of halogens is 2. The average Bonchev–Trinajstić information content (AvgIpc) is 2.24. The third-order valence-corrected chi connectivity index (χ3v) is 2.81. The topological polar surface area (TPSA) is 21.3 Å². The molecule has 1 N–H and O–H groups in total. The third-order valence-electron chi connectivity index (χ3n) is 2.26. The number of ether oxygens (including phenoxy) is 1. The number of hydrogen-bond donors (Lipinski definition) is 1. The van der Waals surface area contributed by atoms with E-state index in [0.29, 0.717) is 15.8 Å². The van der Waals surface area contributed by atoms with Gasteiger partial charge in [-0.15, -0.1) is 0 Å². The Morgan fingerprint density at radius 3 is 2.81 bits per heavy atom. The molecule has 0 radical (unpaired) electrons. The van der Waals surface area contributed by atoms with Crippen LogP contribution >= 0.6 is 23.2 Å². The summed E-state index contributed by atoms with van der Waals surface area (Å²) in [6.45, 7) is 3.03. The van der Waals surface area contributed by atoms with Crippen molar-refractivity contribution in [1.29, 1.82) is 0 Å². The van der Waals surface area contributed by atoms with Gasteiger partial charge in [-0.25, -0.2) is 0 Å². The molecule has 2 nitrogen and oxygen atoms in total. The smallest absolute Gasteiger partial charge is 0.139 e. The number of benzene rings is 1. The van der Waals surface area contributed by atoms with Crippen LogP contribution in [0.1, 0.15) is 19.8 Å². The first-order chi connectivity index (χ1) is 7.63. The zero-order valence-electron chi connectivity index (χ0n) is 9.59. The Balaban J connectivity index is 2.48. The van der Waals surface area contributed by atoms with E-state index in [-0.39, 0.29) is 6.10 Å². The SMILES string of the molecule is CNCCCC(C)Oc1cc(Cl)ccc1Cl. The predicted molar refractivity (Wildman–Crippen MR) is 69.7 cm³/mol. The first-order valence-corrected chi connectivity index (χ1v) is 6.15. The zero-order valence-corrected chi connectivity index (χ0v) is 11.1. The molecule has 1 aromatic rings. The van der Waals surface area contributed by atoms with Crippen molar-refractivity contribution in [3.05, 3.63) is 28.2 Å². The summed E-state index contributed by atoms with van der Waals surface area (Å²) in [6.07, 6.45) is 2.21. The summed E-state index contributed by atoms with van der Waals surface area (Å²) in [6, 6.07) is 5.25. The van der Waals surface area contributed by atoms with E-state index in [4.69, 9.17) is 27.9 Å². The molecule has 90 valence electrons. The maximum Gasteiger partial charge on any atom is 0.139 e. The number of hydrogen-bond acceptors (Lipinski definition) is 2. The van der Waals surface area contributed by atoms with Gasteiger partial charge in [-0.1, -0.05) is 23.2 Å². The molecule has 1 unspecified atom stereocenters. The van der Waals surface area contributed by atoms with Gasteiger partial charge >= 0.3 is 0 Å². The molecule has 4 heteroatoms. The van der Waals surface area contributed by atoms with E-state index in [1.807, 2.05) is 14.0 Å². The van der Waals surface area contributed by atoms with Crippen LogP contribution in [0.25, 0.3) is 0 Å². The molecule has 0 heterocycles. The van der Waals surface area contributed by atoms with Crippen molar-refractivity contribution in [3.63, 3.8) is 0 Å². The molecule has 0 amide bonds. The highest BCUT2D eigenvalue weighted by molar-refractivity contribution is 6.34. The Hall–Kier alpha value is -0.440. The summed E-state index contributed by atoms with van der Waals surface area (Å²) in [4.78, 5) is 0. The predicted octanol–water partition coefficient (Wildman–Crippen LogP) is 3.76. The van der Waals surface area contributed by atoms with Gasteiger partial charge < -0.3 is 10.1 Å². The van der Waals surface area contributed by atoms with Gasteiger partial charge in [0.1, 0.15) is 5.75 Å². The minimum absolute atomic E-state index is 0.143. The van der Waals surface area contributed by atoms with Crippen molar-refractivity contribution >= 4 is 23.2 Å². The van der Waals surface area contributed by atoms with E-state index in [0.717, 1.165) is 19.4 Å². The molecule has 0 aliphatic heterocycles. The molecular weight excluding hydrogens is 245 g/mol. The van der Waals surface area contributed by atoms with Gasteiger partial charge in [0.05, 0.1) is 11.1 Å². The maximum absolute atomic E-state index is 6.01. The van der Waals surface area contributed by atoms with E-state index in [1.165, 1.54) is 0 Å². The summed E-state index contributed by atoms with van der Waals surface area (Å²) >= 11 is 11.9. The second kappa shape index (κ2) is 7.00. The van der Waals surface area contributed by atoms with Crippen LogP contribution in [0.5, 0.6) is 5.75 Å². The second-order valence-corrected chi connectivity index (χ2v) is 4.59. The molecule has 0 bridgehead atoms. The van der Waals surface area contributed by atoms with Crippen molar-refractivity contribution in [2.24, 2.45) is 0 Å². The fourth-order valence-corrected chi connectivity index (χ4v) is 1.73.